The molecule has 176 valence electrons. The molecule has 3 aromatic rings. The van der Waals surface area contributed by atoms with Crippen molar-refractivity contribution in [1.82, 2.24) is 9.62 Å². The number of furan rings is 1. The third-order valence-electron chi connectivity index (χ3n) is 6.00. The molecule has 0 radical (unpaired) electrons. The molecular formula is C25H31N3O4S. The first kappa shape index (κ1) is 23.4. The lowest BCUT2D eigenvalue weighted by molar-refractivity contribution is 0.166. The molecule has 1 aromatic heterocycles. The average molecular weight is 470 g/mol. The highest BCUT2D eigenvalue weighted by molar-refractivity contribution is 7.88. The Morgan fingerprint density at radius 3 is 2.42 bits per heavy atom. The minimum absolute atomic E-state index is 0.0369. The van der Waals surface area contributed by atoms with Crippen LogP contribution in [0.2, 0.25) is 0 Å². The van der Waals surface area contributed by atoms with Gasteiger partial charge in [-0.1, -0.05) is 29.8 Å². The number of rotatable bonds is 9. The summed E-state index contributed by atoms with van der Waals surface area (Å²) < 4.78 is 39.3. The monoisotopic (exact) mass is 469 g/mol. The van der Waals surface area contributed by atoms with E-state index in [4.69, 9.17) is 9.15 Å². The first-order valence-electron chi connectivity index (χ1n) is 11.1. The number of anilines is 1. The Bertz CT molecular complexity index is 1120. The van der Waals surface area contributed by atoms with Crippen LogP contribution in [-0.2, 0) is 15.8 Å². The van der Waals surface area contributed by atoms with Crippen LogP contribution < -0.4 is 14.4 Å². The summed E-state index contributed by atoms with van der Waals surface area (Å²) in [7, 11) is -1.81. The maximum Gasteiger partial charge on any atom is 0.215 e. The zero-order chi connectivity index (χ0) is 23.3. The number of hydrogen-bond acceptors (Lipinski definition) is 6. The first-order valence-corrected chi connectivity index (χ1v) is 12.8. The Morgan fingerprint density at radius 1 is 1.03 bits per heavy atom. The Morgan fingerprint density at radius 2 is 1.79 bits per heavy atom. The van der Waals surface area contributed by atoms with Gasteiger partial charge in [0.2, 0.25) is 10.0 Å². The van der Waals surface area contributed by atoms with E-state index in [-0.39, 0.29) is 18.3 Å². The van der Waals surface area contributed by atoms with Crippen LogP contribution >= 0.6 is 0 Å². The third kappa shape index (κ3) is 6.16. The van der Waals surface area contributed by atoms with Gasteiger partial charge in [0, 0.05) is 38.4 Å². The highest BCUT2D eigenvalue weighted by atomic mass is 32.2. The molecule has 0 amide bonds. The highest BCUT2D eigenvalue weighted by Gasteiger charge is 2.28. The molecule has 1 unspecified atom stereocenters. The molecule has 0 saturated carbocycles. The lowest BCUT2D eigenvalue weighted by atomic mass is 10.1. The molecule has 33 heavy (non-hydrogen) atoms. The van der Waals surface area contributed by atoms with Gasteiger partial charge in [-0.15, -0.1) is 0 Å². The topological polar surface area (TPSA) is 75.0 Å². The summed E-state index contributed by atoms with van der Waals surface area (Å²) in [6.07, 6.45) is 1.64. The standard InChI is InChI=1S/C25H31N3O4S/c1-20-5-3-6-21(17-20)19-33(29,30)26-18-24(25-7-4-16-32-25)28-14-12-27(13-15-28)22-8-10-23(31-2)11-9-22/h3-11,16-17,24,26H,12-15,18-19H2,1-2H3. The summed E-state index contributed by atoms with van der Waals surface area (Å²) in [6, 6.07) is 19.3. The number of nitrogens with zero attached hydrogens (tertiary/aromatic N) is 2. The fraction of sp³-hybridized carbons (Fsp3) is 0.360. The summed E-state index contributed by atoms with van der Waals surface area (Å²) in [4.78, 5) is 4.62. The van der Waals surface area contributed by atoms with Crippen LogP contribution in [-0.4, -0.2) is 53.2 Å². The van der Waals surface area contributed by atoms with Crippen LogP contribution in [0.3, 0.4) is 0 Å². The quantitative estimate of drug-likeness (QED) is 0.516. The van der Waals surface area contributed by atoms with Gasteiger partial charge in [-0.2, -0.15) is 0 Å². The number of nitrogens with one attached hydrogen (secondary N) is 1. The molecule has 2 aromatic carbocycles. The fourth-order valence-electron chi connectivity index (χ4n) is 4.25. The molecule has 1 N–H and O–H groups in total. The van der Waals surface area contributed by atoms with Crippen LogP contribution in [0.4, 0.5) is 5.69 Å². The minimum Gasteiger partial charge on any atom is -0.497 e. The minimum atomic E-state index is -3.48. The maximum absolute atomic E-state index is 12.8. The first-order chi connectivity index (χ1) is 15.9. The summed E-state index contributed by atoms with van der Waals surface area (Å²) in [6.45, 7) is 5.53. The maximum atomic E-state index is 12.8. The Labute approximate surface area is 196 Å². The van der Waals surface area contributed by atoms with E-state index in [0.29, 0.717) is 0 Å². The molecule has 1 fully saturated rings. The fourth-order valence-corrected chi connectivity index (χ4v) is 5.39. The van der Waals surface area contributed by atoms with Crippen molar-refractivity contribution in [3.8, 4) is 5.75 Å². The lowest BCUT2D eigenvalue weighted by Gasteiger charge is -2.39. The molecule has 0 bridgehead atoms. The largest absolute Gasteiger partial charge is 0.497 e. The molecule has 0 aliphatic carbocycles. The molecule has 7 nitrogen and oxygen atoms in total. The van der Waals surface area contributed by atoms with Crippen molar-refractivity contribution >= 4 is 15.7 Å². The second-order valence-corrected chi connectivity index (χ2v) is 10.2. The van der Waals surface area contributed by atoms with Gasteiger partial charge in [-0.3, -0.25) is 4.90 Å². The predicted octanol–water partition coefficient (Wildman–Crippen LogP) is 3.58. The zero-order valence-electron chi connectivity index (χ0n) is 19.1. The Kier molecular flexibility index (Phi) is 7.37. The van der Waals surface area contributed by atoms with Crippen molar-refractivity contribution in [3.63, 3.8) is 0 Å². The van der Waals surface area contributed by atoms with Crippen molar-refractivity contribution in [2.75, 3.05) is 44.7 Å². The van der Waals surface area contributed by atoms with E-state index in [1.807, 2.05) is 55.5 Å². The van der Waals surface area contributed by atoms with Crippen LogP contribution in [0.15, 0.2) is 71.3 Å². The SMILES string of the molecule is COc1ccc(N2CCN(C(CNS(=O)(=O)Cc3cccc(C)c3)c3ccco3)CC2)cc1. The van der Waals surface area contributed by atoms with E-state index >= 15 is 0 Å². The van der Waals surface area contributed by atoms with Gasteiger partial charge in [0.05, 0.1) is 25.2 Å². The zero-order valence-corrected chi connectivity index (χ0v) is 19.9. The predicted molar refractivity (Wildman–Crippen MR) is 130 cm³/mol. The molecular weight excluding hydrogens is 438 g/mol. The molecule has 1 aliphatic heterocycles. The van der Waals surface area contributed by atoms with Crippen molar-refractivity contribution in [2.24, 2.45) is 0 Å². The second kappa shape index (κ2) is 10.4. The molecule has 0 spiro atoms. The van der Waals surface area contributed by atoms with E-state index in [1.54, 1.807) is 13.4 Å². The van der Waals surface area contributed by atoms with E-state index in [1.165, 1.54) is 0 Å². The Hall–Kier alpha value is -2.81. The smallest absolute Gasteiger partial charge is 0.215 e. The highest BCUT2D eigenvalue weighted by Crippen LogP contribution is 2.26. The summed E-state index contributed by atoms with van der Waals surface area (Å²) in [5.41, 5.74) is 2.99. The normalized spacial score (nSPS) is 16.0. The van der Waals surface area contributed by atoms with E-state index < -0.39 is 10.0 Å². The molecule has 1 aliphatic rings. The van der Waals surface area contributed by atoms with Gasteiger partial charge in [0.1, 0.15) is 11.5 Å². The summed E-state index contributed by atoms with van der Waals surface area (Å²) in [5.74, 6) is 1.57. The second-order valence-electron chi connectivity index (χ2n) is 8.35. The Balaban J connectivity index is 1.39. The van der Waals surface area contributed by atoms with E-state index in [9.17, 15) is 8.42 Å². The van der Waals surface area contributed by atoms with Gasteiger partial charge in [-0.05, 0) is 48.9 Å². The number of methoxy groups -OCH3 is 1. The molecule has 1 atom stereocenters. The summed E-state index contributed by atoms with van der Waals surface area (Å²) >= 11 is 0. The third-order valence-corrected chi connectivity index (χ3v) is 7.32. The molecule has 4 rings (SSSR count). The van der Waals surface area contributed by atoms with Crippen molar-refractivity contribution in [2.45, 2.75) is 18.7 Å². The number of ether oxygens (including phenoxy) is 1. The van der Waals surface area contributed by atoms with Crippen LogP contribution in [0.25, 0.3) is 0 Å². The van der Waals surface area contributed by atoms with Gasteiger partial charge >= 0.3 is 0 Å². The van der Waals surface area contributed by atoms with Crippen molar-refractivity contribution < 1.29 is 17.6 Å². The molecule has 1 saturated heterocycles. The number of sulfonamides is 1. The van der Waals surface area contributed by atoms with E-state index in [0.717, 1.165) is 54.5 Å². The summed E-state index contributed by atoms with van der Waals surface area (Å²) in [5, 5.41) is 0. The van der Waals surface area contributed by atoms with Crippen LogP contribution in [0, 0.1) is 6.92 Å². The van der Waals surface area contributed by atoms with Gasteiger partial charge in [0.15, 0.2) is 0 Å². The lowest BCUT2D eigenvalue weighted by Crippen LogP contribution is -2.49. The van der Waals surface area contributed by atoms with Crippen molar-refractivity contribution in [1.29, 1.82) is 0 Å². The van der Waals surface area contributed by atoms with Crippen molar-refractivity contribution in [3.05, 3.63) is 83.8 Å². The number of piperazine rings is 1. The van der Waals surface area contributed by atoms with Gasteiger partial charge < -0.3 is 14.1 Å². The van der Waals surface area contributed by atoms with Crippen LogP contribution in [0.1, 0.15) is 22.9 Å². The van der Waals surface area contributed by atoms with E-state index in [2.05, 4.69) is 26.7 Å². The molecule has 8 heteroatoms. The molecule has 2 heterocycles. The average Bonchev–Trinajstić information content (AvgIpc) is 3.34. The van der Waals surface area contributed by atoms with Crippen LogP contribution in [0.5, 0.6) is 5.75 Å². The number of benzene rings is 2. The number of hydrogen-bond donors (Lipinski definition) is 1. The van der Waals surface area contributed by atoms with Gasteiger partial charge in [-0.25, -0.2) is 13.1 Å². The number of aryl methyl sites for hydroxylation is 1. The van der Waals surface area contributed by atoms with Gasteiger partial charge in [0.25, 0.3) is 0 Å².